The van der Waals surface area contributed by atoms with E-state index in [2.05, 4.69) is 9.62 Å². The van der Waals surface area contributed by atoms with Crippen molar-refractivity contribution in [1.82, 2.24) is 14.1 Å². The number of hydrogen-bond acceptors (Lipinski definition) is 8. The number of piperazine rings is 1. The summed E-state index contributed by atoms with van der Waals surface area (Å²) in [4.78, 5) is 29.6. The van der Waals surface area contributed by atoms with E-state index < -0.39 is 40.3 Å². The molecule has 0 aliphatic carbocycles. The molecule has 0 unspecified atom stereocenters. The number of nitrogens with one attached hydrogen (secondary N) is 1. The Hall–Kier alpha value is -3.00. The van der Waals surface area contributed by atoms with E-state index in [4.69, 9.17) is 9.47 Å². The normalized spacial score (nSPS) is 27.6. The summed E-state index contributed by atoms with van der Waals surface area (Å²) in [5, 5.41) is 10.5. The highest BCUT2D eigenvalue weighted by molar-refractivity contribution is 7.90. The van der Waals surface area contributed by atoms with E-state index in [1.165, 1.54) is 26.2 Å². The zero-order chi connectivity index (χ0) is 31.9. The van der Waals surface area contributed by atoms with Crippen LogP contribution in [0.4, 0.5) is 14.9 Å². The number of carbonyl (C=O) groups is 2. The minimum Gasteiger partial charge on any atom is -0.457 e. The van der Waals surface area contributed by atoms with Crippen LogP contribution in [0.2, 0.25) is 0 Å². The molecule has 0 aromatic heterocycles. The Labute approximate surface area is 254 Å². The van der Waals surface area contributed by atoms with Gasteiger partial charge in [-0.15, -0.1) is 0 Å². The molecule has 2 aliphatic heterocycles. The van der Waals surface area contributed by atoms with Crippen molar-refractivity contribution in [1.29, 1.82) is 0 Å². The lowest BCUT2D eigenvalue weighted by molar-refractivity contribution is -0.151. The third kappa shape index (κ3) is 10.3. The number of halogens is 1. The van der Waals surface area contributed by atoms with Crippen molar-refractivity contribution in [2.45, 2.75) is 58.3 Å². The summed E-state index contributed by atoms with van der Waals surface area (Å²) >= 11 is 0. The van der Waals surface area contributed by atoms with Gasteiger partial charge in [0.05, 0.1) is 18.2 Å². The molecule has 2 aliphatic rings. The number of carbonyl (C=O) groups excluding carboxylic acids is 2. The van der Waals surface area contributed by atoms with Gasteiger partial charge in [0.25, 0.3) is 0 Å². The first-order chi connectivity index (χ1) is 20.1. The number of hydrogen-bond donors (Lipinski definition) is 2. The van der Waals surface area contributed by atoms with Crippen LogP contribution < -0.4 is 4.72 Å². The average Bonchev–Trinajstić information content (AvgIpc) is 2.91. The SMILES string of the molecule is C/C(=C\c1cc(F)cc(NS(=O)(=O)N(C)C)c1)[C@H]1OC(=O)C[C@H](O)CC[C@H](C)[C@H](OC(=O)N2CCN(C)CC2)/C=C/[C@@H]1C. The fourth-order valence-corrected chi connectivity index (χ4v) is 5.57. The molecule has 43 heavy (non-hydrogen) atoms. The number of nitrogens with zero attached hydrogens (tertiary/aromatic N) is 3. The van der Waals surface area contributed by atoms with Gasteiger partial charge in [-0.05, 0) is 68.1 Å². The van der Waals surface area contributed by atoms with Crippen LogP contribution in [0.5, 0.6) is 0 Å². The van der Waals surface area contributed by atoms with E-state index in [1.54, 1.807) is 17.9 Å². The Morgan fingerprint density at radius 1 is 1.14 bits per heavy atom. The molecular formula is C30H45FN4O7S. The van der Waals surface area contributed by atoms with Gasteiger partial charge in [0.1, 0.15) is 18.0 Å². The number of anilines is 1. The average molecular weight is 625 g/mol. The first-order valence-electron chi connectivity index (χ1n) is 14.5. The van der Waals surface area contributed by atoms with E-state index in [9.17, 15) is 27.5 Å². The number of ether oxygens (including phenoxy) is 2. The molecule has 0 radical (unpaired) electrons. The van der Waals surface area contributed by atoms with Gasteiger partial charge in [-0.3, -0.25) is 9.52 Å². The number of cyclic esters (lactones) is 1. The Balaban J connectivity index is 1.88. The van der Waals surface area contributed by atoms with E-state index in [0.717, 1.165) is 23.5 Å². The summed E-state index contributed by atoms with van der Waals surface area (Å²) in [5.74, 6) is -1.72. The molecule has 5 atom stereocenters. The Morgan fingerprint density at radius 2 is 1.81 bits per heavy atom. The van der Waals surface area contributed by atoms with Gasteiger partial charge in [0, 0.05) is 46.2 Å². The summed E-state index contributed by atoms with van der Waals surface area (Å²) < 4.78 is 54.0. The Morgan fingerprint density at radius 3 is 2.47 bits per heavy atom. The number of benzene rings is 1. The van der Waals surface area contributed by atoms with Crippen molar-refractivity contribution in [3.05, 3.63) is 47.3 Å². The molecule has 11 nitrogen and oxygen atoms in total. The van der Waals surface area contributed by atoms with Crippen LogP contribution in [0.1, 0.15) is 45.6 Å². The summed E-state index contributed by atoms with van der Waals surface area (Å²) in [5.41, 5.74) is 0.974. The Kier molecular flexibility index (Phi) is 12.1. The summed E-state index contributed by atoms with van der Waals surface area (Å²) in [6, 6.07) is 3.79. The number of amides is 1. The first-order valence-corrected chi connectivity index (χ1v) is 16.0. The summed E-state index contributed by atoms with van der Waals surface area (Å²) in [6.07, 6.45) is 3.28. The first kappa shape index (κ1) is 34.5. The second-order valence-corrected chi connectivity index (χ2v) is 13.6. The maximum atomic E-state index is 14.5. The van der Waals surface area contributed by atoms with Gasteiger partial charge in [-0.2, -0.15) is 12.7 Å². The highest BCUT2D eigenvalue weighted by Crippen LogP contribution is 2.27. The summed E-state index contributed by atoms with van der Waals surface area (Å²) in [6.45, 7) is 8.21. The van der Waals surface area contributed by atoms with Gasteiger partial charge < -0.3 is 24.4 Å². The van der Waals surface area contributed by atoms with Crippen molar-refractivity contribution in [2.75, 3.05) is 52.0 Å². The monoisotopic (exact) mass is 624 g/mol. The third-order valence-corrected chi connectivity index (χ3v) is 9.20. The molecule has 1 saturated heterocycles. The standard InChI is InChI=1S/C30H45FN4O7S/c1-20-7-9-26(36)19-28(37)42-29(21(2)8-10-27(20)41-30(38)35-13-11-34(6)12-14-35)22(3)15-23-16-24(31)18-25(17-23)32-43(39,40)33(4)5/h8,10,15-18,20-21,26-27,29,32,36H,7,9,11-14,19H2,1-6H3/b10-8+,22-15+/t20-,21-,26+,27+,29-/m0/s1. The van der Waals surface area contributed by atoms with E-state index in [0.29, 0.717) is 37.1 Å². The van der Waals surface area contributed by atoms with Crippen LogP contribution >= 0.6 is 0 Å². The minimum atomic E-state index is -3.85. The maximum absolute atomic E-state index is 14.5. The lowest BCUT2D eigenvalue weighted by Gasteiger charge is -2.33. The lowest BCUT2D eigenvalue weighted by atomic mass is 9.91. The smallest absolute Gasteiger partial charge is 0.410 e. The van der Waals surface area contributed by atoms with Crippen LogP contribution in [0.25, 0.3) is 6.08 Å². The van der Waals surface area contributed by atoms with Gasteiger partial charge in [0.15, 0.2) is 0 Å². The minimum absolute atomic E-state index is 0.0403. The molecule has 2 heterocycles. The fourth-order valence-electron chi connectivity index (χ4n) is 4.97. The highest BCUT2D eigenvalue weighted by Gasteiger charge is 2.29. The van der Waals surface area contributed by atoms with Crippen molar-refractivity contribution < 1.29 is 37.0 Å². The predicted molar refractivity (Wildman–Crippen MR) is 163 cm³/mol. The quantitative estimate of drug-likeness (QED) is 0.364. The van der Waals surface area contributed by atoms with Crippen molar-refractivity contribution in [3.63, 3.8) is 0 Å². The van der Waals surface area contributed by atoms with Crippen molar-refractivity contribution >= 4 is 34.0 Å². The molecule has 0 spiro atoms. The number of likely N-dealkylation sites (N-methyl/N-ethyl adjacent to an activating group) is 1. The number of aliphatic hydroxyl groups excluding tert-OH is 1. The van der Waals surface area contributed by atoms with Gasteiger partial charge >= 0.3 is 22.3 Å². The fraction of sp³-hybridized carbons (Fsp3) is 0.600. The Bertz CT molecular complexity index is 1300. The van der Waals surface area contributed by atoms with E-state index >= 15 is 0 Å². The maximum Gasteiger partial charge on any atom is 0.410 e. The molecule has 1 aromatic carbocycles. The molecule has 240 valence electrons. The van der Waals surface area contributed by atoms with E-state index in [1.807, 2.05) is 33.0 Å². The number of rotatable bonds is 6. The summed E-state index contributed by atoms with van der Waals surface area (Å²) in [7, 11) is 0.866. The molecule has 2 N–H and O–H groups in total. The topological polar surface area (TPSA) is 129 Å². The molecule has 1 fully saturated rings. The van der Waals surface area contributed by atoms with Crippen LogP contribution in [0, 0.1) is 17.7 Å². The molecule has 1 amide bonds. The van der Waals surface area contributed by atoms with Gasteiger partial charge in [-0.25, -0.2) is 9.18 Å². The van der Waals surface area contributed by atoms with E-state index in [-0.39, 0.29) is 30.0 Å². The largest absolute Gasteiger partial charge is 0.457 e. The molecule has 3 rings (SSSR count). The zero-order valence-corrected chi connectivity index (χ0v) is 26.6. The molecule has 1 aromatic rings. The van der Waals surface area contributed by atoms with Gasteiger partial charge in [0.2, 0.25) is 0 Å². The zero-order valence-electron chi connectivity index (χ0n) is 25.8. The van der Waals surface area contributed by atoms with Crippen molar-refractivity contribution in [2.24, 2.45) is 11.8 Å². The van der Waals surface area contributed by atoms with Crippen LogP contribution in [-0.4, -0.2) is 105 Å². The van der Waals surface area contributed by atoms with Crippen LogP contribution in [0.3, 0.4) is 0 Å². The predicted octanol–water partition coefficient (Wildman–Crippen LogP) is 3.48. The number of esters is 1. The number of aliphatic hydroxyl groups is 1. The second-order valence-electron chi connectivity index (χ2n) is 11.8. The highest BCUT2D eigenvalue weighted by atomic mass is 32.2. The molecule has 13 heteroatoms. The van der Waals surface area contributed by atoms with Gasteiger partial charge in [-0.1, -0.05) is 26.0 Å². The second kappa shape index (κ2) is 15.1. The van der Waals surface area contributed by atoms with Crippen LogP contribution in [-0.2, 0) is 24.5 Å². The van der Waals surface area contributed by atoms with Crippen LogP contribution in [0.15, 0.2) is 35.9 Å². The molecule has 0 bridgehead atoms. The lowest BCUT2D eigenvalue weighted by Crippen LogP contribution is -2.48. The third-order valence-electron chi connectivity index (χ3n) is 7.75. The molecular weight excluding hydrogens is 579 g/mol. The van der Waals surface area contributed by atoms with Crippen molar-refractivity contribution in [3.8, 4) is 0 Å². The molecule has 0 saturated carbocycles.